The Hall–Kier alpha value is -2.18. The molecule has 7 heteroatoms. The summed E-state index contributed by atoms with van der Waals surface area (Å²) < 4.78 is 10.7. The van der Waals surface area contributed by atoms with Crippen LogP contribution in [0.2, 0.25) is 5.02 Å². The van der Waals surface area contributed by atoms with E-state index in [4.69, 9.17) is 25.9 Å². The summed E-state index contributed by atoms with van der Waals surface area (Å²) in [4.78, 5) is 11.7. The third-order valence-electron chi connectivity index (χ3n) is 2.99. The van der Waals surface area contributed by atoms with Gasteiger partial charge < -0.3 is 24.9 Å². The molecule has 0 fully saturated rings. The lowest BCUT2D eigenvalue weighted by molar-refractivity contribution is 0.184. The first-order valence-electron chi connectivity index (χ1n) is 7.22. The molecule has 0 radical (unpaired) electrons. The topological polar surface area (TPSA) is 83.7 Å². The van der Waals surface area contributed by atoms with Gasteiger partial charge in [-0.15, -0.1) is 0 Å². The molecule has 3 N–H and O–H groups in total. The van der Waals surface area contributed by atoms with E-state index in [9.17, 15) is 4.79 Å². The number of hydrogen-bond acceptors (Lipinski definition) is 4. The van der Waals surface area contributed by atoms with Crippen molar-refractivity contribution in [3.8, 4) is 5.75 Å². The number of aliphatic hydroxyl groups is 1. The molecule has 0 bridgehead atoms. The third kappa shape index (κ3) is 5.84. The number of ether oxygens (including phenoxy) is 1. The van der Waals surface area contributed by atoms with Gasteiger partial charge in [-0.25, -0.2) is 4.79 Å². The lowest BCUT2D eigenvalue weighted by Gasteiger charge is -2.11. The molecule has 1 heterocycles. The van der Waals surface area contributed by atoms with Crippen LogP contribution in [0.4, 0.5) is 10.5 Å². The Morgan fingerprint density at radius 1 is 1.43 bits per heavy atom. The number of nitrogens with one attached hydrogen (secondary N) is 2. The molecule has 1 atom stereocenters. The number of urea groups is 1. The van der Waals surface area contributed by atoms with E-state index < -0.39 is 6.10 Å². The fourth-order valence-electron chi connectivity index (χ4n) is 1.81. The molecule has 0 aliphatic heterocycles. The van der Waals surface area contributed by atoms with Crippen LogP contribution in [-0.4, -0.2) is 23.8 Å². The summed E-state index contributed by atoms with van der Waals surface area (Å²) in [5.41, 5.74) is 0.551. The van der Waals surface area contributed by atoms with Gasteiger partial charge in [-0.1, -0.05) is 11.6 Å². The largest absolute Gasteiger partial charge is 0.484 e. The van der Waals surface area contributed by atoms with Crippen LogP contribution in [0, 0.1) is 0 Å². The number of halogens is 1. The SMILES string of the molecule is CC(O)CCNC(=O)Nc1ccc(OCc2ccco2)c(Cl)c1. The summed E-state index contributed by atoms with van der Waals surface area (Å²) in [5, 5.41) is 14.8. The van der Waals surface area contributed by atoms with Gasteiger partial charge in [0.25, 0.3) is 0 Å². The number of aliphatic hydroxyl groups excluding tert-OH is 1. The third-order valence-corrected chi connectivity index (χ3v) is 3.28. The molecule has 0 saturated heterocycles. The molecule has 0 spiro atoms. The highest BCUT2D eigenvalue weighted by molar-refractivity contribution is 6.32. The highest BCUT2D eigenvalue weighted by atomic mass is 35.5. The summed E-state index contributed by atoms with van der Waals surface area (Å²) >= 11 is 6.14. The monoisotopic (exact) mass is 338 g/mol. The number of furan rings is 1. The van der Waals surface area contributed by atoms with Crippen LogP contribution in [0.25, 0.3) is 0 Å². The van der Waals surface area contributed by atoms with Gasteiger partial charge in [-0.05, 0) is 43.7 Å². The van der Waals surface area contributed by atoms with Crippen molar-refractivity contribution in [3.63, 3.8) is 0 Å². The Kier molecular flexibility index (Phi) is 6.31. The molecule has 2 rings (SSSR count). The molecule has 23 heavy (non-hydrogen) atoms. The lowest BCUT2D eigenvalue weighted by atomic mass is 10.3. The smallest absolute Gasteiger partial charge is 0.319 e. The molecule has 1 aromatic heterocycles. The van der Waals surface area contributed by atoms with Crippen molar-refractivity contribution >= 4 is 23.3 Å². The molecular formula is C16H19ClN2O4. The van der Waals surface area contributed by atoms with Crippen LogP contribution in [0.15, 0.2) is 41.0 Å². The Labute approximate surface area is 139 Å². The van der Waals surface area contributed by atoms with E-state index in [0.29, 0.717) is 35.2 Å². The van der Waals surface area contributed by atoms with Crippen molar-refractivity contribution in [2.24, 2.45) is 0 Å². The number of rotatable bonds is 7. The minimum Gasteiger partial charge on any atom is -0.484 e. The summed E-state index contributed by atoms with van der Waals surface area (Å²) in [6.45, 7) is 2.34. The lowest BCUT2D eigenvalue weighted by Crippen LogP contribution is -2.30. The summed E-state index contributed by atoms with van der Waals surface area (Å²) in [5.74, 6) is 1.20. The predicted molar refractivity (Wildman–Crippen MR) is 87.8 cm³/mol. The molecule has 124 valence electrons. The maximum atomic E-state index is 11.7. The molecule has 2 amide bonds. The normalized spacial score (nSPS) is 11.8. The fourth-order valence-corrected chi connectivity index (χ4v) is 2.04. The first kappa shape index (κ1) is 17.2. The van der Waals surface area contributed by atoms with Crippen LogP contribution in [0.5, 0.6) is 5.75 Å². The van der Waals surface area contributed by atoms with Crippen LogP contribution in [0.3, 0.4) is 0 Å². The number of carbonyl (C=O) groups is 1. The fraction of sp³-hybridized carbons (Fsp3) is 0.312. The molecule has 6 nitrogen and oxygen atoms in total. The van der Waals surface area contributed by atoms with Gasteiger partial charge in [0, 0.05) is 12.2 Å². The van der Waals surface area contributed by atoms with Gasteiger partial charge in [0.15, 0.2) is 0 Å². The van der Waals surface area contributed by atoms with Gasteiger partial charge in [0.2, 0.25) is 0 Å². The van der Waals surface area contributed by atoms with Crippen molar-refractivity contribution in [1.82, 2.24) is 5.32 Å². The van der Waals surface area contributed by atoms with Crippen LogP contribution < -0.4 is 15.4 Å². The Morgan fingerprint density at radius 3 is 2.91 bits per heavy atom. The second-order valence-corrected chi connectivity index (χ2v) is 5.44. The number of benzene rings is 1. The number of hydrogen-bond donors (Lipinski definition) is 3. The summed E-state index contributed by atoms with van der Waals surface area (Å²) in [6, 6.07) is 8.21. The van der Waals surface area contributed by atoms with Crippen molar-refractivity contribution in [2.45, 2.75) is 26.1 Å². The molecule has 1 aromatic carbocycles. The van der Waals surface area contributed by atoms with Crippen LogP contribution in [-0.2, 0) is 6.61 Å². The standard InChI is InChI=1S/C16H19ClN2O4/c1-11(20)6-7-18-16(21)19-12-4-5-15(14(17)9-12)23-10-13-3-2-8-22-13/h2-5,8-9,11,20H,6-7,10H2,1H3,(H2,18,19,21). The second kappa shape index (κ2) is 8.45. The Balaban J connectivity index is 1.84. The number of amides is 2. The van der Waals surface area contributed by atoms with E-state index in [2.05, 4.69) is 10.6 Å². The molecule has 0 aliphatic rings. The van der Waals surface area contributed by atoms with Gasteiger partial charge in [-0.3, -0.25) is 0 Å². The molecule has 0 saturated carbocycles. The number of carbonyl (C=O) groups excluding carboxylic acids is 1. The minimum absolute atomic E-state index is 0.277. The van der Waals surface area contributed by atoms with Gasteiger partial charge in [0.05, 0.1) is 17.4 Å². The predicted octanol–water partition coefficient (Wildman–Crippen LogP) is 3.40. The summed E-state index contributed by atoms with van der Waals surface area (Å²) in [7, 11) is 0. The first-order valence-corrected chi connectivity index (χ1v) is 7.60. The zero-order valence-corrected chi connectivity index (χ0v) is 13.5. The van der Waals surface area contributed by atoms with E-state index in [0.717, 1.165) is 0 Å². The zero-order valence-electron chi connectivity index (χ0n) is 12.7. The number of anilines is 1. The van der Waals surface area contributed by atoms with Gasteiger partial charge in [0.1, 0.15) is 18.1 Å². The minimum atomic E-state index is -0.449. The second-order valence-electron chi connectivity index (χ2n) is 5.03. The maximum absolute atomic E-state index is 11.7. The van der Waals surface area contributed by atoms with Gasteiger partial charge >= 0.3 is 6.03 Å². The van der Waals surface area contributed by atoms with E-state index in [1.165, 1.54) is 0 Å². The van der Waals surface area contributed by atoms with Crippen molar-refractivity contribution in [2.75, 3.05) is 11.9 Å². The van der Waals surface area contributed by atoms with Crippen LogP contribution >= 0.6 is 11.6 Å². The van der Waals surface area contributed by atoms with E-state index in [-0.39, 0.29) is 12.6 Å². The van der Waals surface area contributed by atoms with Gasteiger partial charge in [-0.2, -0.15) is 0 Å². The average molecular weight is 339 g/mol. The summed E-state index contributed by atoms with van der Waals surface area (Å²) in [6.07, 6.45) is 1.62. The Bertz CT molecular complexity index is 629. The highest BCUT2D eigenvalue weighted by Crippen LogP contribution is 2.28. The van der Waals surface area contributed by atoms with Crippen molar-refractivity contribution in [3.05, 3.63) is 47.4 Å². The van der Waals surface area contributed by atoms with Crippen molar-refractivity contribution < 1.29 is 19.1 Å². The zero-order chi connectivity index (χ0) is 16.7. The first-order chi connectivity index (χ1) is 11.0. The molecule has 1 unspecified atom stereocenters. The van der Waals surface area contributed by atoms with Crippen molar-refractivity contribution in [1.29, 1.82) is 0 Å². The highest BCUT2D eigenvalue weighted by Gasteiger charge is 2.07. The Morgan fingerprint density at radius 2 is 2.26 bits per heavy atom. The van der Waals surface area contributed by atoms with E-state index in [1.807, 2.05) is 0 Å². The molecule has 2 aromatic rings. The average Bonchev–Trinajstić information content (AvgIpc) is 2.99. The maximum Gasteiger partial charge on any atom is 0.319 e. The molecule has 0 aliphatic carbocycles. The van der Waals surface area contributed by atoms with Crippen LogP contribution in [0.1, 0.15) is 19.1 Å². The van der Waals surface area contributed by atoms with E-state index >= 15 is 0 Å². The quantitative estimate of drug-likeness (QED) is 0.722. The molecular weight excluding hydrogens is 320 g/mol. The van der Waals surface area contributed by atoms with E-state index in [1.54, 1.807) is 43.5 Å².